The Bertz CT molecular complexity index is 1400. The Morgan fingerprint density at radius 3 is 2.56 bits per heavy atom. The van der Waals surface area contributed by atoms with Crippen molar-refractivity contribution in [3.8, 4) is 5.69 Å². The summed E-state index contributed by atoms with van der Waals surface area (Å²) >= 11 is 7.49. The van der Waals surface area contributed by atoms with Gasteiger partial charge in [-0.25, -0.2) is 4.98 Å². The lowest BCUT2D eigenvalue weighted by atomic mass is 10.1. The number of Topliss-reactive ketones (excluding diaryl/α,β-unsaturated/α-hetero) is 1. The molecule has 160 valence electrons. The van der Waals surface area contributed by atoms with Crippen molar-refractivity contribution in [1.82, 2.24) is 9.55 Å². The number of rotatable bonds is 6. The zero-order valence-electron chi connectivity index (χ0n) is 17.0. The van der Waals surface area contributed by atoms with Crippen LogP contribution in [0.15, 0.2) is 82.7 Å². The van der Waals surface area contributed by atoms with Crippen LogP contribution in [0.1, 0.15) is 17.3 Å². The van der Waals surface area contributed by atoms with Crippen molar-refractivity contribution < 1.29 is 9.59 Å². The molecule has 3 aromatic carbocycles. The van der Waals surface area contributed by atoms with Gasteiger partial charge in [0.2, 0.25) is 5.91 Å². The zero-order valence-corrected chi connectivity index (χ0v) is 18.6. The molecule has 0 unspecified atom stereocenters. The molecule has 6 nitrogen and oxygen atoms in total. The molecule has 0 saturated carbocycles. The number of carbonyl (C=O) groups excluding carboxylic acids is 2. The molecule has 1 aromatic heterocycles. The minimum Gasteiger partial charge on any atom is -0.325 e. The lowest BCUT2D eigenvalue weighted by molar-refractivity contribution is -0.113. The van der Waals surface area contributed by atoms with Gasteiger partial charge in [-0.3, -0.25) is 19.0 Å². The van der Waals surface area contributed by atoms with Gasteiger partial charge in [0.15, 0.2) is 10.9 Å². The normalized spacial score (nSPS) is 10.8. The second kappa shape index (κ2) is 9.38. The van der Waals surface area contributed by atoms with E-state index in [9.17, 15) is 14.4 Å². The highest BCUT2D eigenvalue weighted by atomic mass is 35.5. The first-order valence-electron chi connectivity index (χ1n) is 9.74. The molecule has 0 saturated heterocycles. The van der Waals surface area contributed by atoms with E-state index in [1.165, 1.54) is 11.5 Å². The highest BCUT2D eigenvalue weighted by Gasteiger charge is 2.16. The highest BCUT2D eigenvalue weighted by Crippen LogP contribution is 2.26. The number of anilines is 1. The summed E-state index contributed by atoms with van der Waals surface area (Å²) in [6.07, 6.45) is 0. The van der Waals surface area contributed by atoms with Crippen molar-refractivity contribution in [2.75, 3.05) is 11.1 Å². The molecule has 0 spiro atoms. The molecule has 0 bridgehead atoms. The molecular formula is C24H18ClN3O3S. The lowest BCUT2D eigenvalue weighted by Gasteiger charge is -2.14. The molecular weight excluding hydrogens is 446 g/mol. The second-order valence-corrected chi connectivity index (χ2v) is 8.33. The van der Waals surface area contributed by atoms with E-state index >= 15 is 0 Å². The molecule has 1 amide bonds. The number of hydrogen-bond acceptors (Lipinski definition) is 5. The van der Waals surface area contributed by atoms with Crippen molar-refractivity contribution in [3.63, 3.8) is 0 Å². The third-order valence-electron chi connectivity index (χ3n) is 4.72. The Kier molecular flexibility index (Phi) is 6.39. The van der Waals surface area contributed by atoms with Crippen LogP contribution in [0.3, 0.4) is 0 Å². The molecule has 4 rings (SSSR count). The highest BCUT2D eigenvalue weighted by molar-refractivity contribution is 7.99. The van der Waals surface area contributed by atoms with Crippen LogP contribution < -0.4 is 10.9 Å². The Morgan fingerprint density at radius 1 is 1.03 bits per heavy atom. The Morgan fingerprint density at radius 2 is 1.78 bits per heavy atom. The maximum absolute atomic E-state index is 13.3. The molecule has 1 N–H and O–H groups in total. The number of benzene rings is 3. The van der Waals surface area contributed by atoms with E-state index in [-0.39, 0.29) is 23.0 Å². The van der Waals surface area contributed by atoms with E-state index in [2.05, 4.69) is 10.3 Å². The number of ketones is 1. The minimum absolute atomic E-state index is 0.0134. The van der Waals surface area contributed by atoms with Gasteiger partial charge in [0.1, 0.15) is 0 Å². The smallest absolute Gasteiger partial charge is 0.266 e. The fourth-order valence-corrected chi connectivity index (χ4v) is 4.22. The number of carbonyl (C=O) groups is 2. The summed E-state index contributed by atoms with van der Waals surface area (Å²) in [5.74, 6) is -0.358. The van der Waals surface area contributed by atoms with Gasteiger partial charge in [-0.15, -0.1) is 0 Å². The SMILES string of the molecule is CC(=O)c1cccc(NC(=O)CSc2nc3ccccc3c(=O)n2-c2ccccc2Cl)c1. The largest absolute Gasteiger partial charge is 0.325 e. The van der Waals surface area contributed by atoms with E-state index in [0.717, 1.165) is 11.8 Å². The van der Waals surface area contributed by atoms with Gasteiger partial charge < -0.3 is 5.32 Å². The summed E-state index contributed by atoms with van der Waals surface area (Å²) in [7, 11) is 0. The van der Waals surface area contributed by atoms with Gasteiger partial charge in [0.05, 0.1) is 27.4 Å². The fourth-order valence-electron chi connectivity index (χ4n) is 3.20. The molecule has 4 aromatic rings. The zero-order chi connectivity index (χ0) is 22.7. The number of hydrogen-bond donors (Lipinski definition) is 1. The van der Waals surface area contributed by atoms with Gasteiger partial charge in [-0.1, -0.05) is 59.8 Å². The van der Waals surface area contributed by atoms with Crippen LogP contribution in [-0.2, 0) is 4.79 Å². The van der Waals surface area contributed by atoms with Crippen LogP contribution >= 0.6 is 23.4 Å². The molecule has 8 heteroatoms. The Labute approximate surface area is 193 Å². The number of nitrogens with zero attached hydrogens (tertiary/aromatic N) is 2. The predicted octanol–water partition coefficient (Wildman–Crippen LogP) is 4.97. The van der Waals surface area contributed by atoms with Crippen molar-refractivity contribution in [1.29, 1.82) is 0 Å². The quantitative estimate of drug-likeness (QED) is 0.248. The monoisotopic (exact) mass is 463 g/mol. The number of para-hydroxylation sites is 2. The summed E-state index contributed by atoms with van der Waals surface area (Å²) in [6.45, 7) is 1.47. The van der Waals surface area contributed by atoms with Crippen LogP contribution in [0.2, 0.25) is 5.02 Å². The third-order valence-corrected chi connectivity index (χ3v) is 5.98. The van der Waals surface area contributed by atoms with Gasteiger partial charge in [0, 0.05) is 11.3 Å². The molecule has 0 aliphatic heterocycles. The van der Waals surface area contributed by atoms with Gasteiger partial charge in [-0.05, 0) is 43.3 Å². The van der Waals surface area contributed by atoms with Crippen LogP contribution in [0.4, 0.5) is 5.69 Å². The number of aromatic nitrogens is 2. The van der Waals surface area contributed by atoms with Gasteiger partial charge >= 0.3 is 0 Å². The van der Waals surface area contributed by atoms with Crippen LogP contribution in [0, 0.1) is 0 Å². The maximum atomic E-state index is 13.3. The molecule has 0 atom stereocenters. The van der Waals surface area contributed by atoms with Crippen molar-refractivity contribution >= 4 is 51.6 Å². The van der Waals surface area contributed by atoms with E-state index < -0.39 is 0 Å². The number of amides is 1. The van der Waals surface area contributed by atoms with Gasteiger partial charge in [-0.2, -0.15) is 0 Å². The van der Waals surface area contributed by atoms with Crippen molar-refractivity contribution in [2.24, 2.45) is 0 Å². The van der Waals surface area contributed by atoms with Gasteiger partial charge in [0.25, 0.3) is 5.56 Å². The predicted molar refractivity (Wildman–Crippen MR) is 128 cm³/mol. The standard InChI is InChI=1S/C24H18ClN3O3S/c1-15(29)16-7-6-8-17(13-16)26-22(30)14-32-24-27-20-11-4-2-9-18(20)23(31)28(24)21-12-5-3-10-19(21)25/h2-13H,14H2,1H3,(H,26,30). The van der Waals surface area contributed by atoms with E-state index in [0.29, 0.717) is 38.0 Å². The summed E-state index contributed by atoms with van der Waals surface area (Å²) in [4.78, 5) is 42.0. The van der Waals surface area contributed by atoms with Crippen LogP contribution in [-0.4, -0.2) is 27.0 Å². The molecule has 0 radical (unpaired) electrons. The van der Waals surface area contributed by atoms with Crippen LogP contribution in [0.5, 0.6) is 0 Å². The number of halogens is 1. The first kappa shape index (κ1) is 21.8. The summed E-state index contributed by atoms with van der Waals surface area (Å²) in [5.41, 5.74) is 1.81. The fraction of sp³-hybridized carbons (Fsp3) is 0.0833. The average Bonchev–Trinajstić information content (AvgIpc) is 2.79. The van der Waals surface area contributed by atoms with E-state index in [1.807, 2.05) is 0 Å². The molecule has 32 heavy (non-hydrogen) atoms. The molecule has 1 heterocycles. The first-order valence-corrected chi connectivity index (χ1v) is 11.1. The molecule has 0 aliphatic rings. The van der Waals surface area contributed by atoms with Crippen LogP contribution in [0.25, 0.3) is 16.6 Å². The third kappa shape index (κ3) is 4.59. The summed E-state index contributed by atoms with van der Waals surface area (Å²) < 4.78 is 1.43. The maximum Gasteiger partial charge on any atom is 0.266 e. The minimum atomic E-state index is -0.288. The molecule has 0 fully saturated rings. The van der Waals surface area contributed by atoms with Crippen molar-refractivity contribution in [3.05, 3.63) is 93.7 Å². The second-order valence-electron chi connectivity index (χ2n) is 6.98. The summed E-state index contributed by atoms with van der Waals surface area (Å²) in [5, 5.41) is 3.99. The summed E-state index contributed by atoms with van der Waals surface area (Å²) in [6, 6.07) is 20.8. The number of thioether (sulfide) groups is 1. The number of fused-ring (bicyclic) bond motifs is 1. The van der Waals surface area contributed by atoms with E-state index in [1.54, 1.807) is 72.8 Å². The van der Waals surface area contributed by atoms with E-state index in [4.69, 9.17) is 11.6 Å². The Hall–Kier alpha value is -3.42. The topological polar surface area (TPSA) is 81.1 Å². The van der Waals surface area contributed by atoms with Crippen molar-refractivity contribution in [2.45, 2.75) is 12.1 Å². The molecule has 0 aliphatic carbocycles. The average molecular weight is 464 g/mol. The Balaban J connectivity index is 1.65. The number of nitrogens with one attached hydrogen (secondary N) is 1. The lowest BCUT2D eigenvalue weighted by Crippen LogP contribution is -2.23. The first-order chi connectivity index (χ1) is 15.4.